The molecule has 3 aromatic rings. The number of nitrogens with one attached hydrogen (secondary N) is 1. The van der Waals surface area contributed by atoms with Gasteiger partial charge in [0.05, 0.1) is 22.7 Å². The van der Waals surface area contributed by atoms with E-state index in [1.807, 2.05) is 36.1 Å². The summed E-state index contributed by atoms with van der Waals surface area (Å²) in [5.41, 5.74) is 1.82. The minimum atomic E-state index is -4.50. The molecule has 10 heteroatoms. The standard InChI is InChI=1S/C23H23F3N4O2S/c1-15-5-7-16(8-6-15)21-28-29-22(32-21)33-14-20(31)27-18-13-17(23(24,25)26)9-10-19(18)30-11-3-2-4-12-30/h5-10,13H,2-4,11-12,14H2,1H3,(H,27,31). The topological polar surface area (TPSA) is 71.3 Å². The third kappa shape index (κ3) is 5.87. The maximum atomic E-state index is 13.3. The molecule has 1 N–H and O–H groups in total. The van der Waals surface area contributed by atoms with Crippen molar-refractivity contribution in [3.05, 3.63) is 53.6 Å². The molecule has 33 heavy (non-hydrogen) atoms. The summed E-state index contributed by atoms with van der Waals surface area (Å²) in [6.07, 6.45) is -1.48. The van der Waals surface area contributed by atoms with Gasteiger partial charge in [0.15, 0.2) is 0 Å². The number of amides is 1. The molecule has 0 saturated carbocycles. The quantitative estimate of drug-likeness (QED) is 0.455. The maximum absolute atomic E-state index is 13.3. The van der Waals surface area contributed by atoms with Gasteiger partial charge in [-0.3, -0.25) is 4.79 Å². The molecule has 0 aliphatic carbocycles. The molecule has 4 rings (SSSR count). The summed E-state index contributed by atoms with van der Waals surface area (Å²) in [4.78, 5) is 14.6. The molecule has 6 nitrogen and oxygen atoms in total. The van der Waals surface area contributed by atoms with Gasteiger partial charge in [-0.1, -0.05) is 29.5 Å². The smallest absolute Gasteiger partial charge is 0.411 e. The Morgan fingerprint density at radius 3 is 2.52 bits per heavy atom. The SMILES string of the molecule is Cc1ccc(-c2nnc(SCC(=O)Nc3cc(C(F)(F)F)ccc3N3CCCCC3)o2)cc1. The van der Waals surface area contributed by atoms with E-state index < -0.39 is 17.6 Å². The number of hydrogen-bond acceptors (Lipinski definition) is 6. The van der Waals surface area contributed by atoms with E-state index in [-0.39, 0.29) is 16.7 Å². The first kappa shape index (κ1) is 23.2. The number of alkyl halides is 3. The molecule has 1 aliphatic rings. The summed E-state index contributed by atoms with van der Waals surface area (Å²) in [7, 11) is 0. The van der Waals surface area contributed by atoms with E-state index in [9.17, 15) is 18.0 Å². The second-order valence-electron chi connectivity index (χ2n) is 7.85. The molecule has 1 amide bonds. The number of halogens is 3. The van der Waals surface area contributed by atoms with Crippen LogP contribution in [0.4, 0.5) is 24.5 Å². The van der Waals surface area contributed by atoms with Gasteiger partial charge in [0.2, 0.25) is 11.8 Å². The van der Waals surface area contributed by atoms with Crippen LogP contribution in [0.1, 0.15) is 30.4 Å². The fourth-order valence-electron chi connectivity index (χ4n) is 3.62. The zero-order chi connectivity index (χ0) is 23.4. The van der Waals surface area contributed by atoms with E-state index in [1.165, 1.54) is 6.07 Å². The Morgan fingerprint density at radius 2 is 1.82 bits per heavy atom. The molecule has 1 aliphatic heterocycles. The zero-order valence-corrected chi connectivity index (χ0v) is 18.8. The molecule has 174 valence electrons. The van der Waals surface area contributed by atoms with E-state index in [4.69, 9.17) is 4.42 Å². The average molecular weight is 477 g/mol. The van der Waals surface area contributed by atoms with Crippen LogP contribution in [0.5, 0.6) is 0 Å². The van der Waals surface area contributed by atoms with Gasteiger partial charge in [-0.25, -0.2) is 0 Å². The summed E-state index contributed by atoms with van der Waals surface area (Å²) in [6.45, 7) is 3.46. The van der Waals surface area contributed by atoms with Gasteiger partial charge in [0, 0.05) is 18.7 Å². The van der Waals surface area contributed by atoms with Crippen molar-refractivity contribution in [1.29, 1.82) is 0 Å². The van der Waals surface area contributed by atoms with Crippen molar-refractivity contribution in [2.24, 2.45) is 0 Å². The second kappa shape index (κ2) is 9.86. The molecule has 0 unspecified atom stereocenters. The molecular formula is C23H23F3N4O2S. The minimum absolute atomic E-state index is 0.0782. The van der Waals surface area contributed by atoms with Crippen LogP contribution in [0.3, 0.4) is 0 Å². The molecule has 0 spiro atoms. The largest absolute Gasteiger partial charge is 0.416 e. The molecule has 0 radical (unpaired) electrons. The lowest BCUT2D eigenvalue weighted by Gasteiger charge is -2.31. The number of nitrogens with zero attached hydrogens (tertiary/aromatic N) is 3. The van der Waals surface area contributed by atoms with Crippen LogP contribution in [-0.4, -0.2) is 34.9 Å². The lowest BCUT2D eigenvalue weighted by atomic mass is 10.1. The molecule has 2 heterocycles. The third-order valence-corrected chi connectivity index (χ3v) is 6.14. The van der Waals surface area contributed by atoms with E-state index in [1.54, 1.807) is 0 Å². The first-order valence-electron chi connectivity index (χ1n) is 10.6. The van der Waals surface area contributed by atoms with Crippen LogP contribution in [0.15, 0.2) is 52.1 Å². The minimum Gasteiger partial charge on any atom is -0.411 e. The Balaban J connectivity index is 1.44. The highest BCUT2D eigenvalue weighted by Crippen LogP contribution is 2.36. The lowest BCUT2D eigenvalue weighted by molar-refractivity contribution is -0.137. The Kier molecular flexibility index (Phi) is 6.92. The molecule has 1 saturated heterocycles. The van der Waals surface area contributed by atoms with Crippen molar-refractivity contribution in [3.63, 3.8) is 0 Å². The Hall–Kier alpha value is -3.01. The monoisotopic (exact) mass is 476 g/mol. The predicted octanol–water partition coefficient (Wildman–Crippen LogP) is 5.78. The summed E-state index contributed by atoms with van der Waals surface area (Å²) in [5.74, 6) is -0.193. The maximum Gasteiger partial charge on any atom is 0.416 e. The van der Waals surface area contributed by atoms with Crippen molar-refractivity contribution >= 4 is 29.0 Å². The number of rotatable bonds is 6. The molecule has 0 bridgehead atoms. The van der Waals surface area contributed by atoms with Crippen LogP contribution in [0.2, 0.25) is 0 Å². The van der Waals surface area contributed by atoms with E-state index in [0.29, 0.717) is 11.6 Å². The van der Waals surface area contributed by atoms with Gasteiger partial charge in [0.1, 0.15) is 0 Å². The zero-order valence-electron chi connectivity index (χ0n) is 18.0. The van der Waals surface area contributed by atoms with Gasteiger partial charge in [0.25, 0.3) is 5.22 Å². The number of thioether (sulfide) groups is 1. The Labute approximate surface area is 193 Å². The number of hydrogen-bond donors (Lipinski definition) is 1. The van der Waals surface area contributed by atoms with Crippen molar-refractivity contribution in [3.8, 4) is 11.5 Å². The third-order valence-electron chi connectivity index (χ3n) is 5.33. The molecule has 1 fully saturated rings. The van der Waals surface area contributed by atoms with Gasteiger partial charge in [-0.2, -0.15) is 13.2 Å². The van der Waals surface area contributed by atoms with Crippen LogP contribution in [-0.2, 0) is 11.0 Å². The van der Waals surface area contributed by atoms with Crippen LogP contribution >= 0.6 is 11.8 Å². The molecule has 1 aromatic heterocycles. The highest BCUT2D eigenvalue weighted by molar-refractivity contribution is 7.99. The Bertz CT molecular complexity index is 1110. The fourth-order valence-corrected chi connectivity index (χ4v) is 4.18. The summed E-state index contributed by atoms with van der Waals surface area (Å²) >= 11 is 1.03. The first-order chi connectivity index (χ1) is 15.8. The number of benzene rings is 2. The number of piperidine rings is 1. The highest BCUT2D eigenvalue weighted by Gasteiger charge is 2.32. The molecule has 0 atom stereocenters. The van der Waals surface area contributed by atoms with Gasteiger partial charge < -0.3 is 14.6 Å². The number of aryl methyl sites for hydroxylation is 1. The van der Waals surface area contributed by atoms with Crippen LogP contribution in [0, 0.1) is 6.92 Å². The van der Waals surface area contributed by atoms with Gasteiger partial charge >= 0.3 is 6.18 Å². The van der Waals surface area contributed by atoms with Crippen molar-refractivity contribution in [2.75, 3.05) is 29.1 Å². The number of aromatic nitrogens is 2. The van der Waals surface area contributed by atoms with Crippen molar-refractivity contribution in [2.45, 2.75) is 37.6 Å². The number of anilines is 2. The first-order valence-corrected chi connectivity index (χ1v) is 11.6. The predicted molar refractivity (Wildman–Crippen MR) is 121 cm³/mol. The summed E-state index contributed by atoms with van der Waals surface area (Å²) in [5, 5.41) is 10.8. The van der Waals surface area contributed by atoms with Crippen LogP contribution < -0.4 is 10.2 Å². The van der Waals surface area contributed by atoms with Crippen molar-refractivity contribution < 1.29 is 22.4 Å². The Morgan fingerprint density at radius 1 is 1.09 bits per heavy atom. The summed E-state index contributed by atoms with van der Waals surface area (Å²) in [6, 6.07) is 11.1. The number of carbonyl (C=O) groups is 1. The fraction of sp³-hybridized carbons (Fsp3) is 0.348. The highest BCUT2D eigenvalue weighted by atomic mass is 32.2. The second-order valence-corrected chi connectivity index (χ2v) is 8.78. The van der Waals surface area contributed by atoms with Gasteiger partial charge in [-0.05, 0) is 56.5 Å². The molecular weight excluding hydrogens is 453 g/mol. The average Bonchev–Trinajstić information content (AvgIpc) is 3.27. The van der Waals surface area contributed by atoms with E-state index in [0.717, 1.165) is 67.4 Å². The normalized spacial score (nSPS) is 14.4. The summed E-state index contributed by atoms with van der Waals surface area (Å²) < 4.78 is 45.4. The molecule has 2 aromatic carbocycles. The number of carbonyl (C=O) groups excluding carboxylic acids is 1. The van der Waals surface area contributed by atoms with Crippen molar-refractivity contribution in [1.82, 2.24) is 10.2 Å². The van der Waals surface area contributed by atoms with Gasteiger partial charge in [-0.15, -0.1) is 10.2 Å². The van der Waals surface area contributed by atoms with Crippen LogP contribution in [0.25, 0.3) is 11.5 Å². The van der Waals surface area contributed by atoms with E-state index >= 15 is 0 Å². The lowest BCUT2D eigenvalue weighted by Crippen LogP contribution is -2.30. The van der Waals surface area contributed by atoms with E-state index in [2.05, 4.69) is 15.5 Å².